The summed E-state index contributed by atoms with van der Waals surface area (Å²) in [5, 5.41) is 0.508. The maximum absolute atomic E-state index is 11.5. The highest BCUT2D eigenvalue weighted by molar-refractivity contribution is 7.98. The lowest BCUT2D eigenvalue weighted by molar-refractivity contribution is 0.0600. The summed E-state index contributed by atoms with van der Waals surface area (Å²) in [4.78, 5) is 20.0. The number of esters is 1. The van der Waals surface area contributed by atoms with Crippen molar-refractivity contribution in [2.75, 3.05) is 7.11 Å². The van der Waals surface area contributed by atoms with Gasteiger partial charge in [0.1, 0.15) is 11.3 Å². The number of aromatic nitrogens is 2. The summed E-state index contributed by atoms with van der Waals surface area (Å²) in [5.41, 5.74) is 1.67. The molecular formula is C15H14N2O4S. The van der Waals surface area contributed by atoms with E-state index in [4.69, 9.17) is 8.83 Å². The topological polar surface area (TPSA) is 78.4 Å². The van der Waals surface area contributed by atoms with Gasteiger partial charge in [0.2, 0.25) is 5.89 Å². The van der Waals surface area contributed by atoms with Gasteiger partial charge in [-0.3, -0.25) is 0 Å². The van der Waals surface area contributed by atoms with E-state index < -0.39 is 5.97 Å². The fourth-order valence-corrected chi connectivity index (χ4v) is 2.60. The van der Waals surface area contributed by atoms with Gasteiger partial charge in [0.15, 0.2) is 5.58 Å². The number of benzene rings is 1. The molecule has 0 aliphatic heterocycles. The number of fused-ring (bicyclic) bond motifs is 1. The molecule has 0 amide bonds. The number of thioether (sulfide) groups is 1. The van der Waals surface area contributed by atoms with Gasteiger partial charge in [0.25, 0.3) is 5.22 Å². The van der Waals surface area contributed by atoms with E-state index in [2.05, 4.69) is 14.7 Å². The molecule has 114 valence electrons. The Bertz CT molecular complexity index is 809. The molecule has 0 aliphatic rings. The van der Waals surface area contributed by atoms with Gasteiger partial charge in [-0.1, -0.05) is 18.7 Å². The third-order valence-electron chi connectivity index (χ3n) is 3.06. The van der Waals surface area contributed by atoms with Gasteiger partial charge in [-0.2, -0.15) is 0 Å². The Morgan fingerprint density at radius 2 is 2.23 bits per heavy atom. The predicted molar refractivity (Wildman–Crippen MR) is 80.8 cm³/mol. The molecule has 2 heterocycles. The first-order chi connectivity index (χ1) is 10.7. The van der Waals surface area contributed by atoms with Crippen LogP contribution in [0.2, 0.25) is 0 Å². The largest absolute Gasteiger partial charge is 0.465 e. The molecule has 0 aliphatic carbocycles. The van der Waals surface area contributed by atoms with Gasteiger partial charge in [0.05, 0.1) is 24.6 Å². The van der Waals surface area contributed by atoms with Crippen LogP contribution in [0.5, 0.6) is 0 Å². The number of ether oxygens (including phenoxy) is 1. The highest BCUT2D eigenvalue weighted by Crippen LogP contribution is 2.27. The lowest BCUT2D eigenvalue weighted by Crippen LogP contribution is -2.00. The summed E-state index contributed by atoms with van der Waals surface area (Å²) in [5.74, 6) is 1.63. The zero-order valence-electron chi connectivity index (χ0n) is 12.2. The van der Waals surface area contributed by atoms with Crippen LogP contribution in [0, 0.1) is 0 Å². The Kier molecular flexibility index (Phi) is 4.15. The number of aryl methyl sites for hydroxylation is 1. The molecule has 6 nitrogen and oxygen atoms in total. The van der Waals surface area contributed by atoms with Crippen LogP contribution in [-0.2, 0) is 16.9 Å². The lowest BCUT2D eigenvalue weighted by atomic mass is 10.2. The molecule has 0 bridgehead atoms. The van der Waals surface area contributed by atoms with Crippen molar-refractivity contribution in [3.05, 3.63) is 41.6 Å². The summed E-state index contributed by atoms with van der Waals surface area (Å²) < 4.78 is 15.8. The zero-order chi connectivity index (χ0) is 15.5. The fraction of sp³-hybridized carbons (Fsp3) is 0.267. The Labute approximate surface area is 130 Å². The summed E-state index contributed by atoms with van der Waals surface area (Å²) in [7, 11) is 1.34. The van der Waals surface area contributed by atoms with Crippen LogP contribution in [-0.4, -0.2) is 23.0 Å². The number of nitrogens with zero attached hydrogens (tertiary/aromatic N) is 2. The number of carbonyl (C=O) groups excluding carboxylic acids is 1. The second-order valence-electron chi connectivity index (χ2n) is 4.52. The lowest BCUT2D eigenvalue weighted by Gasteiger charge is -1.96. The monoisotopic (exact) mass is 318 g/mol. The molecule has 0 unspecified atom stereocenters. The van der Waals surface area contributed by atoms with Crippen molar-refractivity contribution in [2.24, 2.45) is 0 Å². The second kappa shape index (κ2) is 6.23. The molecule has 0 saturated carbocycles. The van der Waals surface area contributed by atoms with Gasteiger partial charge in [-0.05, 0) is 18.2 Å². The normalized spacial score (nSPS) is 11.0. The number of oxazole rings is 2. The minimum Gasteiger partial charge on any atom is -0.465 e. The van der Waals surface area contributed by atoms with Crippen LogP contribution in [0.1, 0.15) is 28.9 Å². The predicted octanol–water partition coefficient (Wildman–Crippen LogP) is 3.46. The van der Waals surface area contributed by atoms with E-state index in [0.29, 0.717) is 33.5 Å². The van der Waals surface area contributed by atoms with Gasteiger partial charge in [-0.25, -0.2) is 14.8 Å². The molecule has 3 aromatic rings. The highest BCUT2D eigenvalue weighted by Gasteiger charge is 2.12. The Morgan fingerprint density at radius 1 is 1.36 bits per heavy atom. The van der Waals surface area contributed by atoms with Gasteiger partial charge in [-0.15, -0.1) is 0 Å². The average molecular weight is 318 g/mol. The van der Waals surface area contributed by atoms with E-state index in [9.17, 15) is 4.79 Å². The Balaban J connectivity index is 1.75. The first-order valence-electron chi connectivity index (χ1n) is 6.75. The van der Waals surface area contributed by atoms with Crippen molar-refractivity contribution < 1.29 is 18.4 Å². The molecule has 1 aromatic carbocycles. The minimum atomic E-state index is -0.403. The maximum Gasteiger partial charge on any atom is 0.337 e. The molecule has 0 radical (unpaired) electrons. The zero-order valence-corrected chi connectivity index (χ0v) is 13.0. The van der Waals surface area contributed by atoms with Crippen LogP contribution in [0.25, 0.3) is 11.1 Å². The number of methoxy groups -OCH3 is 1. The molecular weight excluding hydrogens is 304 g/mol. The van der Waals surface area contributed by atoms with E-state index in [1.165, 1.54) is 18.9 Å². The van der Waals surface area contributed by atoms with Crippen molar-refractivity contribution in [3.8, 4) is 0 Å². The molecule has 0 N–H and O–H groups in total. The molecule has 0 fully saturated rings. The number of hydrogen-bond acceptors (Lipinski definition) is 7. The smallest absolute Gasteiger partial charge is 0.337 e. The maximum atomic E-state index is 11.5. The van der Waals surface area contributed by atoms with Crippen LogP contribution >= 0.6 is 11.8 Å². The molecule has 0 saturated heterocycles. The Morgan fingerprint density at radius 3 is 2.95 bits per heavy atom. The number of rotatable bonds is 5. The average Bonchev–Trinajstić information content (AvgIpc) is 3.17. The van der Waals surface area contributed by atoms with E-state index in [1.807, 2.05) is 6.92 Å². The fourth-order valence-electron chi connectivity index (χ4n) is 1.91. The van der Waals surface area contributed by atoms with Crippen molar-refractivity contribution in [1.29, 1.82) is 0 Å². The first kappa shape index (κ1) is 14.6. The molecule has 22 heavy (non-hydrogen) atoms. The van der Waals surface area contributed by atoms with E-state index >= 15 is 0 Å². The van der Waals surface area contributed by atoms with E-state index in [0.717, 1.165) is 12.2 Å². The van der Waals surface area contributed by atoms with Crippen LogP contribution in [0.3, 0.4) is 0 Å². The standard InChI is InChI=1S/C15H14N2O4S/c1-3-10-7-16-13(20-10)8-22-15-17-11-5-4-9(14(18)19-2)6-12(11)21-15/h4-7H,3,8H2,1-2H3. The van der Waals surface area contributed by atoms with Crippen LogP contribution in [0.4, 0.5) is 0 Å². The summed E-state index contributed by atoms with van der Waals surface area (Å²) in [6, 6.07) is 5.01. The third-order valence-corrected chi connectivity index (χ3v) is 3.87. The van der Waals surface area contributed by atoms with Gasteiger partial charge in [0, 0.05) is 6.42 Å². The molecule has 0 atom stereocenters. The number of carbonyl (C=O) groups is 1. The summed E-state index contributed by atoms with van der Waals surface area (Å²) in [6.07, 6.45) is 2.54. The minimum absolute atomic E-state index is 0.403. The van der Waals surface area contributed by atoms with Gasteiger partial charge >= 0.3 is 5.97 Å². The quantitative estimate of drug-likeness (QED) is 0.526. The third kappa shape index (κ3) is 2.99. The first-order valence-corrected chi connectivity index (χ1v) is 7.73. The van der Waals surface area contributed by atoms with Crippen molar-refractivity contribution in [1.82, 2.24) is 9.97 Å². The van der Waals surface area contributed by atoms with E-state index in [1.54, 1.807) is 24.4 Å². The SMILES string of the molecule is CCc1cnc(CSc2nc3ccc(C(=O)OC)cc3o2)o1. The Hall–Kier alpha value is -2.28. The molecule has 0 spiro atoms. The van der Waals surface area contributed by atoms with Crippen molar-refractivity contribution in [3.63, 3.8) is 0 Å². The number of hydrogen-bond donors (Lipinski definition) is 0. The van der Waals surface area contributed by atoms with Crippen molar-refractivity contribution in [2.45, 2.75) is 24.3 Å². The van der Waals surface area contributed by atoms with Gasteiger partial charge < -0.3 is 13.6 Å². The van der Waals surface area contributed by atoms with Crippen molar-refractivity contribution >= 4 is 28.8 Å². The van der Waals surface area contributed by atoms with Crippen LogP contribution in [0.15, 0.2) is 38.5 Å². The second-order valence-corrected chi connectivity index (χ2v) is 5.44. The highest BCUT2D eigenvalue weighted by atomic mass is 32.2. The molecule has 2 aromatic heterocycles. The van der Waals surface area contributed by atoms with E-state index in [-0.39, 0.29) is 0 Å². The molecule has 3 rings (SSSR count). The molecule has 7 heteroatoms. The summed E-state index contributed by atoms with van der Waals surface area (Å²) >= 11 is 1.39. The van der Waals surface area contributed by atoms with Crippen LogP contribution < -0.4 is 0 Å². The summed E-state index contributed by atoms with van der Waals surface area (Å²) in [6.45, 7) is 2.01.